The minimum atomic E-state index is -0.0768. The summed E-state index contributed by atoms with van der Waals surface area (Å²) >= 11 is 0. The molecule has 1 aliphatic rings. The molecule has 2 rings (SSSR count). The number of aromatic hydroxyl groups is 1. The number of amides is 1. The molecule has 4 heteroatoms. The molecule has 1 fully saturated rings. The predicted octanol–water partition coefficient (Wildman–Crippen LogP) is 1.51. The van der Waals surface area contributed by atoms with E-state index in [-0.39, 0.29) is 11.7 Å². The molecule has 1 atom stereocenters. The van der Waals surface area contributed by atoms with E-state index in [1.54, 1.807) is 12.1 Å². The van der Waals surface area contributed by atoms with Crippen molar-refractivity contribution < 1.29 is 9.90 Å². The third-order valence-electron chi connectivity index (χ3n) is 3.53. The highest BCUT2D eigenvalue weighted by atomic mass is 16.3. The van der Waals surface area contributed by atoms with E-state index in [2.05, 4.69) is 0 Å². The van der Waals surface area contributed by atoms with Gasteiger partial charge in [0.2, 0.25) is 0 Å². The largest absolute Gasteiger partial charge is 0.507 e. The Bertz CT molecular complexity index is 445. The zero-order chi connectivity index (χ0) is 13.1. The van der Waals surface area contributed by atoms with Crippen LogP contribution >= 0.6 is 0 Å². The van der Waals surface area contributed by atoms with Crippen molar-refractivity contribution in [1.82, 2.24) is 4.90 Å². The SMILES string of the molecule is Cc1ccc(C(=O)N2CCC(CCN)C2)c(O)c1. The average molecular weight is 248 g/mol. The van der Waals surface area contributed by atoms with Gasteiger partial charge < -0.3 is 15.7 Å². The second-order valence-electron chi connectivity index (χ2n) is 5.00. The number of likely N-dealkylation sites (tertiary alicyclic amines) is 1. The van der Waals surface area contributed by atoms with E-state index in [1.165, 1.54) is 0 Å². The maximum Gasteiger partial charge on any atom is 0.257 e. The molecular formula is C14H20N2O2. The van der Waals surface area contributed by atoms with Crippen LogP contribution in [-0.2, 0) is 0 Å². The molecule has 3 N–H and O–H groups in total. The van der Waals surface area contributed by atoms with E-state index >= 15 is 0 Å². The monoisotopic (exact) mass is 248 g/mol. The molecular weight excluding hydrogens is 228 g/mol. The average Bonchev–Trinajstić information content (AvgIpc) is 2.77. The van der Waals surface area contributed by atoms with Gasteiger partial charge in [0.05, 0.1) is 5.56 Å². The van der Waals surface area contributed by atoms with Gasteiger partial charge in [-0.15, -0.1) is 0 Å². The van der Waals surface area contributed by atoms with Crippen LogP contribution in [0.15, 0.2) is 18.2 Å². The number of aryl methyl sites for hydroxylation is 1. The number of hydrogen-bond donors (Lipinski definition) is 2. The number of hydrogen-bond acceptors (Lipinski definition) is 3. The van der Waals surface area contributed by atoms with Crippen molar-refractivity contribution in [2.45, 2.75) is 19.8 Å². The Hall–Kier alpha value is -1.55. The number of phenols is 1. The second-order valence-corrected chi connectivity index (χ2v) is 5.00. The Balaban J connectivity index is 2.08. The molecule has 1 saturated heterocycles. The molecule has 98 valence electrons. The summed E-state index contributed by atoms with van der Waals surface area (Å²) in [4.78, 5) is 14.1. The van der Waals surface area contributed by atoms with E-state index in [0.29, 0.717) is 18.0 Å². The van der Waals surface area contributed by atoms with E-state index in [4.69, 9.17) is 5.73 Å². The molecule has 0 aliphatic carbocycles. The highest BCUT2D eigenvalue weighted by Crippen LogP contribution is 2.25. The first kappa shape index (κ1) is 12.9. The number of carbonyl (C=O) groups is 1. The molecule has 0 bridgehead atoms. The summed E-state index contributed by atoms with van der Waals surface area (Å²) in [5, 5.41) is 9.82. The van der Waals surface area contributed by atoms with Gasteiger partial charge in [-0.3, -0.25) is 4.79 Å². The van der Waals surface area contributed by atoms with Crippen LogP contribution in [0.4, 0.5) is 0 Å². The molecule has 0 saturated carbocycles. The van der Waals surface area contributed by atoms with Crippen molar-refractivity contribution in [1.29, 1.82) is 0 Å². The molecule has 0 radical (unpaired) electrons. The zero-order valence-electron chi connectivity index (χ0n) is 10.7. The summed E-state index contributed by atoms with van der Waals surface area (Å²) in [5.41, 5.74) is 6.89. The van der Waals surface area contributed by atoms with Crippen LogP contribution < -0.4 is 5.73 Å². The van der Waals surface area contributed by atoms with Crippen molar-refractivity contribution in [3.8, 4) is 5.75 Å². The lowest BCUT2D eigenvalue weighted by molar-refractivity contribution is 0.0783. The lowest BCUT2D eigenvalue weighted by Crippen LogP contribution is -2.29. The molecule has 0 spiro atoms. The van der Waals surface area contributed by atoms with Crippen molar-refractivity contribution in [3.63, 3.8) is 0 Å². The van der Waals surface area contributed by atoms with Gasteiger partial charge in [-0.1, -0.05) is 6.07 Å². The van der Waals surface area contributed by atoms with Crippen LogP contribution in [0.1, 0.15) is 28.8 Å². The normalized spacial score (nSPS) is 19.2. The highest BCUT2D eigenvalue weighted by Gasteiger charge is 2.27. The van der Waals surface area contributed by atoms with Gasteiger partial charge in [-0.05, 0) is 49.9 Å². The van der Waals surface area contributed by atoms with Gasteiger partial charge in [-0.2, -0.15) is 0 Å². The standard InChI is InChI=1S/C14H20N2O2/c1-10-2-3-12(13(17)8-10)14(18)16-7-5-11(9-16)4-6-15/h2-3,8,11,17H,4-7,9,15H2,1H3. The fourth-order valence-corrected chi connectivity index (χ4v) is 2.48. The van der Waals surface area contributed by atoms with Gasteiger partial charge in [0.15, 0.2) is 0 Å². The maximum atomic E-state index is 12.3. The summed E-state index contributed by atoms with van der Waals surface area (Å²) in [6.07, 6.45) is 1.97. The van der Waals surface area contributed by atoms with Gasteiger partial charge >= 0.3 is 0 Å². The second kappa shape index (κ2) is 5.40. The third kappa shape index (κ3) is 2.64. The first-order valence-corrected chi connectivity index (χ1v) is 6.40. The minimum Gasteiger partial charge on any atom is -0.507 e. The zero-order valence-corrected chi connectivity index (χ0v) is 10.7. The molecule has 18 heavy (non-hydrogen) atoms. The third-order valence-corrected chi connectivity index (χ3v) is 3.53. The first-order valence-electron chi connectivity index (χ1n) is 6.40. The number of nitrogens with two attached hydrogens (primary N) is 1. The molecule has 1 aromatic rings. The summed E-state index contributed by atoms with van der Waals surface area (Å²) < 4.78 is 0. The van der Waals surface area contributed by atoms with Gasteiger partial charge in [0, 0.05) is 13.1 Å². The summed E-state index contributed by atoms with van der Waals surface area (Å²) in [6, 6.07) is 5.17. The van der Waals surface area contributed by atoms with Crippen LogP contribution in [0, 0.1) is 12.8 Å². The van der Waals surface area contributed by atoms with Crippen LogP contribution in [0.3, 0.4) is 0 Å². The van der Waals surface area contributed by atoms with E-state index < -0.39 is 0 Å². The molecule has 1 unspecified atom stereocenters. The lowest BCUT2D eigenvalue weighted by Gasteiger charge is -2.17. The van der Waals surface area contributed by atoms with Gasteiger partial charge in [0.25, 0.3) is 5.91 Å². The molecule has 0 aromatic heterocycles. The Morgan fingerprint density at radius 1 is 1.56 bits per heavy atom. The van der Waals surface area contributed by atoms with E-state index in [1.807, 2.05) is 17.9 Å². The number of benzene rings is 1. The fraction of sp³-hybridized carbons (Fsp3) is 0.500. The number of rotatable bonds is 3. The quantitative estimate of drug-likeness (QED) is 0.852. The Morgan fingerprint density at radius 2 is 2.33 bits per heavy atom. The van der Waals surface area contributed by atoms with Gasteiger partial charge in [-0.25, -0.2) is 0 Å². The molecule has 1 aromatic carbocycles. The van der Waals surface area contributed by atoms with Crippen molar-refractivity contribution in [2.75, 3.05) is 19.6 Å². The molecule has 4 nitrogen and oxygen atoms in total. The Morgan fingerprint density at radius 3 is 3.00 bits per heavy atom. The highest BCUT2D eigenvalue weighted by molar-refractivity contribution is 5.97. The number of phenolic OH excluding ortho intramolecular Hbond substituents is 1. The van der Waals surface area contributed by atoms with Crippen molar-refractivity contribution >= 4 is 5.91 Å². The van der Waals surface area contributed by atoms with Crippen molar-refractivity contribution in [3.05, 3.63) is 29.3 Å². The van der Waals surface area contributed by atoms with Crippen LogP contribution in [0.25, 0.3) is 0 Å². The molecule has 1 amide bonds. The molecule has 1 heterocycles. The predicted molar refractivity (Wildman–Crippen MR) is 70.5 cm³/mol. The maximum absolute atomic E-state index is 12.3. The first-order chi connectivity index (χ1) is 8.61. The smallest absolute Gasteiger partial charge is 0.257 e. The molecule has 1 aliphatic heterocycles. The van der Waals surface area contributed by atoms with Crippen molar-refractivity contribution in [2.24, 2.45) is 11.7 Å². The van der Waals surface area contributed by atoms with E-state index in [0.717, 1.165) is 31.5 Å². The van der Waals surface area contributed by atoms with Gasteiger partial charge in [0.1, 0.15) is 5.75 Å². The summed E-state index contributed by atoms with van der Waals surface area (Å²) in [7, 11) is 0. The minimum absolute atomic E-state index is 0.0716. The Kier molecular flexibility index (Phi) is 3.87. The fourth-order valence-electron chi connectivity index (χ4n) is 2.48. The summed E-state index contributed by atoms with van der Waals surface area (Å²) in [6.45, 7) is 4.07. The van der Waals surface area contributed by atoms with Crippen LogP contribution in [0.2, 0.25) is 0 Å². The summed E-state index contributed by atoms with van der Waals surface area (Å²) in [5.74, 6) is 0.501. The van der Waals surface area contributed by atoms with E-state index in [9.17, 15) is 9.90 Å². The topological polar surface area (TPSA) is 66.6 Å². The number of carbonyl (C=O) groups excluding carboxylic acids is 1. The van der Waals surface area contributed by atoms with Crippen LogP contribution in [-0.4, -0.2) is 35.5 Å². The lowest BCUT2D eigenvalue weighted by atomic mass is 10.1. The van der Waals surface area contributed by atoms with Crippen LogP contribution in [0.5, 0.6) is 5.75 Å². The Labute approximate surface area is 107 Å². The number of nitrogens with zero attached hydrogens (tertiary/aromatic N) is 1.